The molecule has 0 unspecified atom stereocenters. The van der Waals surface area contributed by atoms with Crippen molar-refractivity contribution < 1.29 is 24.6 Å². The van der Waals surface area contributed by atoms with Crippen LogP contribution in [0.3, 0.4) is 0 Å². The van der Waals surface area contributed by atoms with Crippen LogP contribution in [-0.4, -0.2) is 44.5 Å². The quantitative estimate of drug-likeness (QED) is 0.773. The maximum Gasteiger partial charge on any atom is 0.330 e. The molecule has 2 amide bonds. The van der Waals surface area contributed by atoms with Crippen molar-refractivity contribution in [3.63, 3.8) is 0 Å². The highest BCUT2D eigenvalue weighted by Crippen LogP contribution is 2.40. The molecule has 2 atom stereocenters. The molecule has 2 N–H and O–H groups in total. The highest BCUT2D eigenvalue weighted by atomic mass is 16.4. The Labute approximate surface area is 114 Å². The number of aliphatic hydroxyl groups is 1. The molecule has 0 radical (unpaired) electrons. The molecular weight excluding hydrogens is 262 g/mol. The third kappa shape index (κ3) is 1.51. The number of hydrogen-bond acceptors (Lipinski definition) is 4. The number of benzene rings is 1. The van der Waals surface area contributed by atoms with Crippen LogP contribution in [0.1, 0.15) is 40.0 Å². The molecule has 20 heavy (non-hydrogen) atoms. The summed E-state index contributed by atoms with van der Waals surface area (Å²) in [6, 6.07) is 6.28. The first-order valence-corrected chi connectivity index (χ1v) is 6.37. The van der Waals surface area contributed by atoms with E-state index < -0.39 is 29.4 Å². The van der Waals surface area contributed by atoms with Gasteiger partial charge in [-0.3, -0.25) is 14.5 Å². The average Bonchev–Trinajstić information content (AvgIpc) is 2.92. The number of carboxylic acid groups (broad SMARTS) is 1. The Morgan fingerprint density at radius 3 is 2.15 bits per heavy atom. The minimum absolute atomic E-state index is 0.0783. The number of imide groups is 1. The lowest BCUT2D eigenvalue weighted by Gasteiger charge is -2.32. The molecule has 0 aromatic heterocycles. The van der Waals surface area contributed by atoms with Gasteiger partial charge in [-0.25, -0.2) is 4.79 Å². The van der Waals surface area contributed by atoms with Crippen LogP contribution in [0.25, 0.3) is 0 Å². The molecule has 6 nitrogen and oxygen atoms in total. The molecule has 0 spiro atoms. The van der Waals surface area contributed by atoms with E-state index >= 15 is 0 Å². The van der Waals surface area contributed by atoms with Crippen LogP contribution in [0.15, 0.2) is 24.3 Å². The molecular formula is C14H13NO5. The number of aliphatic carboxylic acids is 1. The summed E-state index contributed by atoms with van der Waals surface area (Å²) in [5.74, 6) is -2.44. The van der Waals surface area contributed by atoms with Gasteiger partial charge in [-0.05, 0) is 25.0 Å². The number of carboxylic acids is 1. The van der Waals surface area contributed by atoms with Crippen molar-refractivity contribution in [2.75, 3.05) is 0 Å². The molecule has 104 valence electrons. The molecule has 1 saturated carbocycles. The molecule has 2 aliphatic rings. The summed E-state index contributed by atoms with van der Waals surface area (Å²) in [7, 11) is 0. The van der Waals surface area contributed by atoms with Crippen LogP contribution in [0, 0.1) is 0 Å². The van der Waals surface area contributed by atoms with E-state index in [2.05, 4.69) is 0 Å². The van der Waals surface area contributed by atoms with Gasteiger partial charge in [-0.15, -0.1) is 0 Å². The molecule has 1 fully saturated rings. The molecule has 0 saturated heterocycles. The zero-order valence-electron chi connectivity index (χ0n) is 10.6. The number of carbonyl (C=O) groups is 3. The van der Waals surface area contributed by atoms with E-state index in [0.29, 0.717) is 0 Å². The third-order valence-corrected chi connectivity index (χ3v) is 4.08. The number of fused-ring (bicyclic) bond motifs is 1. The number of nitrogens with zero attached hydrogens (tertiary/aromatic N) is 1. The van der Waals surface area contributed by atoms with Gasteiger partial charge in [-0.1, -0.05) is 12.1 Å². The summed E-state index contributed by atoms with van der Waals surface area (Å²) in [6.45, 7) is 0. The van der Waals surface area contributed by atoms with Gasteiger partial charge in [0.15, 0.2) is 5.54 Å². The van der Waals surface area contributed by atoms with E-state index in [4.69, 9.17) is 0 Å². The van der Waals surface area contributed by atoms with Crippen molar-refractivity contribution in [3.05, 3.63) is 35.4 Å². The fourth-order valence-corrected chi connectivity index (χ4v) is 3.07. The van der Waals surface area contributed by atoms with Crippen LogP contribution in [0.2, 0.25) is 0 Å². The average molecular weight is 275 g/mol. The Kier molecular flexibility index (Phi) is 2.65. The molecule has 1 heterocycles. The number of rotatable bonds is 2. The van der Waals surface area contributed by atoms with E-state index in [0.717, 1.165) is 4.90 Å². The number of aliphatic hydroxyl groups excluding tert-OH is 1. The van der Waals surface area contributed by atoms with Crippen molar-refractivity contribution in [1.29, 1.82) is 0 Å². The van der Waals surface area contributed by atoms with E-state index in [1.165, 1.54) is 12.1 Å². The minimum atomic E-state index is -1.63. The summed E-state index contributed by atoms with van der Waals surface area (Å²) in [5, 5.41) is 19.2. The lowest BCUT2D eigenvalue weighted by molar-refractivity contribution is -0.148. The first-order chi connectivity index (χ1) is 9.47. The van der Waals surface area contributed by atoms with Crippen molar-refractivity contribution >= 4 is 17.8 Å². The van der Waals surface area contributed by atoms with Gasteiger partial charge in [0.05, 0.1) is 17.2 Å². The smallest absolute Gasteiger partial charge is 0.330 e. The second-order valence-corrected chi connectivity index (χ2v) is 5.22. The van der Waals surface area contributed by atoms with Gasteiger partial charge in [-0.2, -0.15) is 0 Å². The Hall–Kier alpha value is -2.21. The molecule has 6 heteroatoms. The lowest BCUT2D eigenvalue weighted by Crippen LogP contribution is -2.55. The van der Waals surface area contributed by atoms with E-state index in [1.807, 2.05) is 0 Å². The van der Waals surface area contributed by atoms with Gasteiger partial charge < -0.3 is 10.2 Å². The molecule has 1 aliphatic carbocycles. The largest absolute Gasteiger partial charge is 0.479 e. The van der Waals surface area contributed by atoms with Crippen LogP contribution < -0.4 is 0 Å². The lowest BCUT2D eigenvalue weighted by atomic mass is 9.95. The monoisotopic (exact) mass is 275 g/mol. The summed E-state index contributed by atoms with van der Waals surface area (Å²) < 4.78 is 0. The second kappa shape index (κ2) is 4.14. The zero-order chi connectivity index (χ0) is 14.5. The molecule has 1 aliphatic heterocycles. The van der Waals surface area contributed by atoms with Crippen molar-refractivity contribution in [1.82, 2.24) is 4.90 Å². The maximum absolute atomic E-state index is 12.4. The summed E-state index contributed by atoms with van der Waals surface area (Å²) in [6.07, 6.45) is -0.585. The Morgan fingerprint density at radius 1 is 1.20 bits per heavy atom. The number of carbonyl (C=O) groups excluding carboxylic acids is 2. The van der Waals surface area contributed by atoms with Crippen LogP contribution >= 0.6 is 0 Å². The number of amides is 2. The maximum atomic E-state index is 12.4. The highest BCUT2D eigenvalue weighted by molar-refractivity contribution is 6.23. The predicted molar refractivity (Wildman–Crippen MR) is 67.2 cm³/mol. The molecule has 1 aromatic carbocycles. The second-order valence-electron chi connectivity index (χ2n) is 5.22. The molecule has 0 bridgehead atoms. The van der Waals surface area contributed by atoms with Gasteiger partial charge in [0.25, 0.3) is 11.8 Å². The minimum Gasteiger partial charge on any atom is -0.479 e. The fraction of sp³-hybridized carbons (Fsp3) is 0.357. The zero-order valence-corrected chi connectivity index (χ0v) is 10.6. The van der Waals surface area contributed by atoms with E-state index in [-0.39, 0.29) is 30.4 Å². The Morgan fingerprint density at radius 2 is 1.75 bits per heavy atom. The molecule has 1 aromatic rings. The van der Waals surface area contributed by atoms with Crippen LogP contribution in [0.4, 0.5) is 0 Å². The first-order valence-electron chi connectivity index (χ1n) is 6.37. The predicted octanol–water partition coefficient (Wildman–Crippen LogP) is 0.651. The summed E-state index contributed by atoms with van der Waals surface area (Å²) in [5.41, 5.74) is -1.19. The summed E-state index contributed by atoms with van der Waals surface area (Å²) in [4.78, 5) is 37.2. The Bertz CT molecular complexity index is 591. The van der Waals surface area contributed by atoms with Gasteiger partial charge >= 0.3 is 5.97 Å². The van der Waals surface area contributed by atoms with Gasteiger partial charge in [0, 0.05) is 6.42 Å². The Balaban J connectivity index is 2.10. The van der Waals surface area contributed by atoms with Gasteiger partial charge in [0.2, 0.25) is 0 Å². The first kappa shape index (κ1) is 12.8. The van der Waals surface area contributed by atoms with Crippen LogP contribution in [-0.2, 0) is 4.79 Å². The van der Waals surface area contributed by atoms with Gasteiger partial charge in [0.1, 0.15) is 0 Å². The van der Waals surface area contributed by atoms with E-state index in [9.17, 15) is 24.6 Å². The highest BCUT2D eigenvalue weighted by Gasteiger charge is 2.57. The SMILES string of the molecule is O=C1c2ccccc2C(=O)N1[C@]1(C(=O)O)CC[C@@H](O)C1. The molecule has 3 rings (SSSR count). The topological polar surface area (TPSA) is 94.9 Å². The van der Waals surface area contributed by atoms with Crippen molar-refractivity contribution in [2.45, 2.75) is 30.9 Å². The third-order valence-electron chi connectivity index (χ3n) is 4.08. The fourth-order valence-electron chi connectivity index (χ4n) is 3.07. The van der Waals surface area contributed by atoms with E-state index in [1.54, 1.807) is 12.1 Å². The standard InChI is InChI=1S/C14H13NO5/c16-8-5-6-14(7-8,13(19)20)15-11(17)9-3-1-2-4-10(9)12(15)18/h1-4,8,16H,5-7H2,(H,19,20)/t8-,14-/m1/s1. The number of hydrogen-bond donors (Lipinski definition) is 2. The van der Waals surface area contributed by atoms with Crippen molar-refractivity contribution in [3.8, 4) is 0 Å². The normalized spacial score (nSPS) is 28.9. The summed E-state index contributed by atoms with van der Waals surface area (Å²) >= 11 is 0. The van der Waals surface area contributed by atoms with Crippen LogP contribution in [0.5, 0.6) is 0 Å². The van der Waals surface area contributed by atoms with Crippen molar-refractivity contribution in [2.24, 2.45) is 0 Å².